The summed E-state index contributed by atoms with van der Waals surface area (Å²) in [6.45, 7) is 0. The fourth-order valence-corrected chi connectivity index (χ4v) is 0.951. The van der Waals surface area contributed by atoms with Crippen LogP contribution in [0.2, 0.25) is 0 Å². The summed E-state index contributed by atoms with van der Waals surface area (Å²) in [5.74, 6) is -0.131. The molecule has 0 saturated carbocycles. The lowest BCUT2D eigenvalue weighted by Gasteiger charge is -1.96. The zero-order valence-corrected chi connectivity index (χ0v) is 8.30. The van der Waals surface area contributed by atoms with Crippen LogP contribution in [0.4, 0.5) is 5.82 Å². The number of hydrazone groups is 1. The first-order valence-corrected chi connectivity index (χ1v) is 4.04. The van der Waals surface area contributed by atoms with E-state index in [0.717, 1.165) is 6.21 Å². The van der Waals surface area contributed by atoms with E-state index in [2.05, 4.69) is 20.4 Å². The van der Waals surface area contributed by atoms with Gasteiger partial charge < -0.3 is 4.74 Å². The molecular formula is C8H10N4O3. The summed E-state index contributed by atoms with van der Waals surface area (Å²) in [7, 11) is 2.88. The smallest absolute Gasteiger partial charge is 0.356 e. The van der Waals surface area contributed by atoms with Crippen LogP contribution >= 0.6 is 0 Å². The molecule has 15 heavy (non-hydrogen) atoms. The molecule has 1 heterocycles. The minimum atomic E-state index is -0.489. The number of hydrogen-bond donors (Lipinski definition) is 1. The first kappa shape index (κ1) is 10.9. The van der Waals surface area contributed by atoms with Crippen molar-refractivity contribution in [3.05, 3.63) is 11.8 Å². The number of aryl methyl sites for hydroxylation is 1. The minimum Gasteiger partial charge on any atom is -0.464 e. The third-order valence-corrected chi connectivity index (χ3v) is 1.59. The second kappa shape index (κ2) is 4.89. The normalized spacial score (nSPS) is 10.3. The fraction of sp³-hybridized carbons (Fsp3) is 0.250. The summed E-state index contributed by atoms with van der Waals surface area (Å²) in [6, 6.07) is 1.47. The highest BCUT2D eigenvalue weighted by Crippen LogP contribution is 2.08. The third-order valence-electron chi connectivity index (χ3n) is 1.59. The molecule has 0 aliphatic carbocycles. The number of ether oxygens (including phenoxy) is 1. The number of aromatic nitrogens is 2. The lowest BCUT2D eigenvalue weighted by molar-refractivity contribution is -0.102. The molecular weight excluding hydrogens is 200 g/mol. The SMILES string of the molecule is COC(=O)c1cc(NN=CC=O)nn1C. The van der Waals surface area contributed by atoms with E-state index >= 15 is 0 Å². The first-order chi connectivity index (χ1) is 7.19. The summed E-state index contributed by atoms with van der Waals surface area (Å²) < 4.78 is 5.89. The average Bonchev–Trinajstić information content (AvgIpc) is 2.59. The van der Waals surface area contributed by atoms with Gasteiger partial charge in [0.1, 0.15) is 5.69 Å². The standard InChI is InChI=1S/C8H10N4O3/c1-12-6(8(14)15-2)5-7(11-12)10-9-3-4-13/h3-5H,1-2H3,(H,10,11). The van der Waals surface area contributed by atoms with Crippen LogP contribution in [-0.2, 0) is 16.6 Å². The molecule has 0 amide bonds. The molecule has 0 bridgehead atoms. The van der Waals surface area contributed by atoms with Crippen LogP contribution < -0.4 is 5.43 Å². The van der Waals surface area contributed by atoms with Gasteiger partial charge in [0.05, 0.1) is 13.3 Å². The van der Waals surface area contributed by atoms with Crippen molar-refractivity contribution in [3.8, 4) is 0 Å². The van der Waals surface area contributed by atoms with Crippen molar-refractivity contribution in [2.75, 3.05) is 12.5 Å². The van der Waals surface area contributed by atoms with Gasteiger partial charge in [-0.05, 0) is 0 Å². The second-order valence-corrected chi connectivity index (χ2v) is 2.56. The van der Waals surface area contributed by atoms with Crippen LogP contribution in [-0.4, -0.2) is 35.4 Å². The van der Waals surface area contributed by atoms with Gasteiger partial charge >= 0.3 is 5.97 Å². The summed E-state index contributed by atoms with van der Waals surface area (Å²) in [4.78, 5) is 21.1. The highest BCUT2D eigenvalue weighted by molar-refractivity contribution is 6.13. The van der Waals surface area contributed by atoms with E-state index in [1.165, 1.54) is 17.9 Å². The average molecular weight is 210 g/mol. The number of hydrogen-bond acceptors (Lipinski definition) is 6. The number of carbonyl (C=O) groups excluding carboxylic acids is 2. The molecule has 0 spiro atoms. The maximum atomic E-state index is 11.2. The van der Waals surface area contributed by atoms with Crippen LogP contribution in [0.25, 0.3) is 0 Å². The van der Waals surface area contributed by atoms with Gasteiger partial charge in [0, 0.05) is 13.1 Å². The van der Waals surface area contributed by atoms with Crippen molar-refractivity contribution in [1.29, 1.82) is 0 Å². The number of rotatable bonds is 4. The zero-order valence-electron chi connectivity index (χ0n) is 8.30. The van der Waals surface area contributed by atoms with Crippen LogP contribution in [0.5, 0.6) is 0 Å². The second-order valence-electron chi connectivity index (χ2n) is 2.56. The number of nitrogens with one attached hydrogen (secondary N) is 1. The number of aldehydes is 1. The van der Waals surface area contributed by atoms with Crippen LogP contribution in [0.1, 0.15) is 10.5 Å². The van der Waals surface area contributed by atoms with Crippen molar-refractivity contribution in [1.82, 2.24) is 9.78 Å². The molecule has 0 aromatic carbocycles. The van der Waals surface area contributed by atoms with Gasteiger partial charge in [-0.1, -0.05) is 0 Å². The molecule has 0 radical (unpaired) electrons. The Morgan fingerprint density at radius 2 is 2.47 bits per heavy atom. The van der Waals surface area contributed by atoms with Gasteiger partial charge in [0.2, 0.25) is 0 Å². The highest BCUT2D eigenvalue weighted by atomic mass is 16.5. The van der Waals surface area contributed by atoms with Crippen molar-refractivity contribution >= 4 is 24.3 Å². The van der Waals surface area contributed by atoms with E-state index in [-0.39, 0.29) is 0 Å². The third kappa shape index (κ3) is 2.63. The molecule has 1 aromatic heterocycles. The summed E-state index contributed by atoms with van der Waals surface area (Å²) >= 11 is 0. The van der Waals surface area contributed by atoms with Crippen molar-refractivity contribution in [3.63, 3.8) is 0 Å². The van der Waals surface area contributed by atoms with Crippen molar-refractivity contribution in [2.45, 2.75) is 0 Å². The summed E-state index contributed by atoms with van der Waals surface area (Å²) in [5, 5.41) is 7.46. The topological polar surface area (TPSA) is 85.6 Å². The molecule has 7 heteroatoms. The highest BCUT2D eigenvalue weighted by Gasteiger charge is 2.12. The fourth-order valence-electron chi connectivity index (χ4n) is 0.951. The maximum absolute atomic E-state index is 11.2. The molecule has 7 nitrogen and oxygen atoms in total. The summed E-state index contributed by atoms with van der Waals surface area (Å²) in [5.41, 5.74) is 2.78. The molecule has 0 atom stereocenters. The van der Waals surface area contributed by atoms with Gasteiger partial charge in [0.15, 0.2) is 12.1 Å². The van der Waals surface area contributed by atoms with E-state index in [0.29, 0.717) is 17.8 Å². The summed E-state index contributed by atoms with van der Waals surface area (Å²) in [6.07, 6.45) is 1.56. The van der Waals surface area contributed by atoms with E-state index < -0.39 is 5.97 Å². The number of anilines is 1. The Morgan fingerprint density at radius 1 is 1.73 bits per heavy atom. The Labute approximate surface area is 85.7 Å². The number of esters is 1. The number of carbonyl (C=O) groups is 2. The Hall–Kier alpha value is -2.18. The van der Waals surface area contributed by atoms with Gasteiger partial charge in [0.25, 0.3) is 0 Å². The number of methoxy groups -OCH3 is 1. The van der Waals surface area contributed by atoms with Crippen LogP contribution in [0.3, 0.4) is 0 Å². The van der Waals surface area contributed by atoms with E-state index in [4.69, 9.17) is 0 Å². The predicted molar refractivity (Wildman–Crippen MR) is 52.7 cm³/mol. The largest absolute Gasteiger partial charge is 0.464 e. The van der Waals surface area contributed by atoms with Gasteiger partial charge in [-0.3, -0.25) is 14.9 Å². The molecule has 0 unspecified atom stereocenters. The van der Waals surface area contributed by atoms with E-state index in [9.17, 15) is 9.59 Å². The molecule has 1 rings (SSSR count). The predicted octanol–water partition coefficient (Wildman–Crippen LogP) is -0.197. The molecule has 0 saturated heterocycles. The van der Waals surface area contributed by atoms with E-state index in [1.54, 1.807) is 7.05 Å². The Kier molecular flexibility index (Phi) is 3.55. The maximum Gasteiger partial charge on any atom is 0.356 e. The van der Waals surface area contributed by atoms with Gasteiger partial charge in [-0.25, -0.2) is 4.79 Å². The number of nitrogens with zero attached hydrogens (tertiary/aromatic N) is 3. The van der Waals surface area contributed by atoms with Crippen LogP contribution in [0.15, 0.2) is 11.2 Å². The van der Waals surface area contributed by atoms with E-state index in [1.807, 2.05) is 0 Å². The molecule has 0 aliphatic rings. The molecule has 80 valence electrons. The molecule has 0 aliphatic heterocycles. The Balaban J connectivity index is 2.81. The van der Waals surface area contributed by atoms with Crippen LogP contribution in [0, 0.1) is 0 Å². The monoisotopic (exact) mass is 210 g/mol. The van der Waals surface area contributed by atoms with Crippen molar-refractivity contribution < 1.29 is 14.3 Å². The van der Waals surface area contributed by atoms with Gasteiger partial charge in [-0.2, -0.15) is 10.2 Å². The first-order valence-electron chi connectivity index (χ1n) is 4.04. The minimum absolute atomic E-state index is 0.293. The Bertz CT molecular complexity index is 397. The lowest BCUT2D eigenvalue weighted by atomic mass is 10.4. The molecule has 0 fully saturated rings. The zero-order chi connectivity index (χ0) is 11.3. The van der Waals surface area contributed by atoms with Gasteiger partial charge in [-0.15, -0.1) is 0 Å². The lowest BCUT2D eigenvalue weighted by Crippen LogP contribution is -2.07. The molecule has 1 N–H and O–H groups in total. The Morgan fingerprint density at radius 3 is 3.07 bits per heavy atom. The molecule has 1 aromatic rings. The van der Waals surface area contributed by atoms with Crippen molar-refractivity contribution in [2.24, 2.45) is 12.1 Å². The quantitative estimate of drug-likeness (QED) is 0.322.